The Bertz CT molecular complexity index is 723. The van der Waals surface area contributed by atoms with E-state index in [9.17, 15) is 19.7 Å². The number of hydrogen-bond donors (Lipinski definition) is 1. The highest BCUT2D eigenvalue weighted by Gasteiger charge is 2.43. The molecular weight excluding hydrogens is 400 g/mol. The van der Waals surface area contributed by atoms with Crippen molar-refractivity contribution < 1.29 is 19.2 Å². The number of methoxy groups -OCH3 is 1. The second-order valence-electron chi connectivity index (χ2n) is 7.35. The number of rotatable bonds is 5. The number of benzene rings is 1. The van der Waals surface area contributed by atoms with Gasteiger partial charge in [-0.3, -0.25) is 19.7 Å². The maximum Gasteiger partial charge on any atom is 0.269 e. The molecule has 9 nitrogen and oxygen atoms in total. The highest BCUT2D eigenvalue weighted by atomic mass is 35.5. The summed E-state index contributed by atoms with van der Waals surface area (Å²) in [5, 5.41) is 14.0. The van der Waals surface area contributed by atoms with Crippen molar-refractivity contribution in [3.05, 3.63) is 39.9 Å². The van der Waals surface area contributed by atoms with E-state index in [0.29, 0.717) is 38.3 Å². The summed E-state index contributed by atoms with van der Waals surface area (Å²) in [6, 6.07) is 5.61. The average Bonchev–Trinajstić information content (AvgIpc) is 2.74. The molecule has 2 aliphatic heterocycles. The fourth-order valence-corrected chi connectivity index (χ4v) is 3.96. The van der Waals surface area contributed by atoms with E-state index in [2.05, 4.69) is 5.32 Å². The summed E-state index contributed by atoms with van der Waals surface area (Å²) in [5.41, 5.74) is -0.109. The quantitative estimate of drug-likeness (QED) is 0.562. The van der Waals surface area contributed by atoms with E-state index >= 15 is 0 Å². The molecule has 29 heavy (non-hydrogen) atoms. The molecule has 10 heteroatoms. The molecule has 0 saturated carbocycles. The fourth-order valence-electron chi connectivity index (χ4n) is 3.96. The number of non-ortho nitro benzene ring substituents is 1. The number of piperidine rings is 1. The Kier molecular flexibility index (Phi) is 7.95. The first-order valence-electron chi connectivity index (χ1n) is 9.50. The molecule has 1 aromatic rings. The normalized spacial score (nSPS) is 18.7. The van der Waals surface area contributed by atoms with Crippen LogP contribution in [-0.4, -0.2) is 79.5 Å². The zero-order chi connectivity index (χ0) is 20.1. The predicted molar refractivity (Wildman–Crippen MR) is 109 cm³/mol. The number of nitrogens with one attached hydrogen (secondary N) is 1. The van der Waals surface area contributed by atoms with Gasteiger partial charge < -0.3 is 19.9 Å². The molecule has 0 atom stereocenters. The van der Waals surface area contributed by atoms with Gasteiger partial charge in [0.2, 0.25) is 5.91 Å². The third kappa shape index (κ3) is 5.04. The summed E-state index contributed by atoms with van der Waals surface area (Å²) < 4.78 is 5.35. The Balaban J connectivity index is 0.00000300. The van der Waals surface area contributed by atoms with E-state index in [1.54, 1.807) is 12.0 Å². The topological polar surface area (TPSA) is 105 Å². The van der Waals surface area contributed by atoms with Gasteiger partial charge in [-0.15, -0.1) is 12.4 Å². The van der Waals surface area contributed by atoms with Gasteiger partial charge in [0.25, 0.3) is 11.6 Å². The van der Waals surface area contributed by atoms with Crippen molar-refractivity contribution in [1.29, 1.82) is 0 Å². The number of nitro groups is 1. The minimum absolute atomic E-state index is 0. The third-order valence-corrected chi connectivity index (χ3v) is 5.61. The van der Waals surface area contributed by atoms with Gasteiger partial charge in [-0.25, -0.2) is 0 Å². The van der Waals surface area contributed by atoms with E-state index in [-0.39, 0.29) is 29.9 Å². The monoisotopic (exact) mass is 426 g/mol. The van der Waals surface area contributed by atoms with Crippen LogP contribution in [0.3, 0.4) is 0 Å². The zero-order valence-corrected chi connectivity index (χ0v) is 17.3. The van der Waals surface area contributed by atoms with Crippen LogP contribution in [0.5, 0.6) is 0 Å². The van der Waals surface area contributed by atoms with E-state index in [0.717, 1.165) is 25.9 Å². The van der Waals surface area contributed by atoms with Crippen LogP contribution < -0.4 is 5.32 Å². The van der Waals surface area contributed by atoms with Gasteiger partial charge in [-0.05, 0) is 38.1 Å². The number of hydrogen-bond acceptors (Lipinski definition) is 6. The third-order valence-electron chi connectivity index (χ3n) is 5.61. The Hall–Kier alpha value is -2.23. The van der Waals surface area contributed by atoms with Crippen molar-refractivity contribution in [2.24, 2.45) is 5.41 Å². The summed E-state index contributed by atoms with van der Waals surface area (Å²) in [6.07, 6.45) is 1.50. The lowest BCUT2D eigenvalue weighted by atomic mass is 9.78. The molecule has 3 rings (SSSR count). The van der Waals surface area contributed by atoms with Crippen LogP contribution in [0.25, 0.3) is 0 Å². The first-order chi connectivity index (χ1) is 13.5. The number of amides is 2. The summed E-state index contributed by atoms with van der Waals surface area (Å²) >= 11 is 0. The molecule has 0 spiro atoms. The van der Waals surface area contributed by atoms with Crippen LogP contribution in [-0.2, 0) is 9.53 Å². The molecule has 0 aromatic heterocycles. The molecule has 0 aliphatic carbocycles. The predicted octanol–water partition coefficient (Wildman–Crippen LogP) is 1.32. The summed E-state index contributed by atoms with van der Waals surface area (Å²) in [5.74, 6) is -0.0613. The SMILES string of the molecule is COCC1(C(=O)N2CCN(C(=O)c3ccc([N+](=O)[O-])cc3)CC2)CCNCC1.Cl. The summed E-state index contributed by atoms with van der Waals surface area (Å²) in [4.78, 5) is 39.6. The number of nitro benzene ring substituents is 1. The first-order valence-corrected chi connectivity index (χ1v) is 9.50. The van der Waals surface area contributed by atoms with Crippen molar-refractivity contribution in [3.63, 3.8) is 0 Å². The molecule has 2 saturated heterocycles. The molecule has 1 N–H and O–H groups in total. The lowest BCUT2D eigenvalue weighted by Gasteiger charge is -2.42. The average molecular weight is 427 g/mol. The Labute approximate surface area is 175 Å². The van der Waals surface area contributed by atoms with E-state index in [1.807, 2.05) is 4.90 Å². The van der Waals surface area contributed by atoms with Crippen LogP contribution in [0.1, 0.15) is 23.2 Å². The van der Waals surface area contributed by atoms with Crippen molar-refractivity contribution >= 4 is 29.9 Å². The lowest BCUT2D eigenvalue weighted by molar-refractivity contribution is -0.384. The van der Waals surface area contributed by atoms with Gasteiger partial charge in [0.15, 0.2) is 0 Å². The number of ether oxygens (including phenoxy) is 1. The Morgan fingerprint density at radius 1 is 1.10 bits per heavy atom. The molecule has 0 unspecified atom stereocenters. The molecule has 2 heterocycles. The summed E-state index contributed by atoms with van der Waals surface area (Å²) in [7, 11) is 1.62. The molecule has 1 aromatic carbocycles. The van der Waals surface area contributed by atoms with E-state index in [4.69, 9.17) is 4.74 Å². The van der Waals surface area contributed by atoms with Gasteiger partial charge in [0, 0.05) is 51.0 Å². The van der Waals surface area contributed by atoms with Crippen LogP contribution >= 0.6 is 12.4 Å². The van der Waals surface area contributed by atoms with Gasteiger partial charge in [0.05, 0.1) is 16.9 Å². The number of carbonyl (C=O) groups excluding carboxylic acids is 2. The maximum atomic E-state index is 13.2. The molecule has 160 valence electrons. The van der Waals surface area contributed by atoms with E-state index in [1.165, 1.54) is 24.3 Å². The highest BCUT2D eigenvalue weighted by molar-refractivity contribution is 5.94. The maximum absolute atomic E-state index is 13.2. The second-order valence-corrected chi connectivity index (χ2v) is 7.35. The van der Waals surface area contributed by atoms with Gasteiger partial charge in [-0.2, -0.15) is 0 Å². The number of halogens is 1. The van der Waals surface area contributed by atoms with E-state index < -0.39 is 10.3 Å². The number of piperazine rings is 1. The van der Waals surface area contributed by atoms with Crippen molar-refractivity contribution in [2.45, 2.75) is 12.8 Å². The summed E-state index contributed by atoms with van der Waals surface area (Å²) in [6.45, 7) is 3.87. The fraction of sp³-hybridized carbons (Fsp3) is 0.579. The van der Waals surface area contributed by atoms with Crippen LogP contribution in [0.4, 0.5) is 5.69 Å². The molecule has 0 bridgehead atoms. The van der Waals surface area contributed by atoms with Crippen molar-refractivity contribution in [3.8, 4) is 0 Å². The Morgan fingerprint density at radius 3 is 2.17 bits per heavy atom. The van der Waals surface area contributed by atoms with Crippen LogP contribution in [0.15, 0.2) is 24.3 Å². The zero-order valence-electron chi connectivity index (χ0n) is 16.5. The van der Waals surface area contributed by atoms with Crippen LogP contribution in [0, 0.1) is 15.5 Å². The minimum Gasteiger partial charge on any atom is -0.384 e. The minimum atomic E-state index is -0.491. The molecule has 2 fully saturated rings. The smallest absolute Gasteiger partial charge is 0.269 e. The van der Waals surface area contributed by atoms with Gasteiger partial charge >= 0.3 is 0 Å². The van der Waals surface area contributed by atoms with Crippen molar-refractivity contribution in [2.75, 3.05) is 53.0 Å². The second kappa shape index (κ2) is 10.00. The lowest BCUT2D eigenvalue weighted by Crippen LogP contribution is -2.57. The molecule has 2 aliphatic rings. The van der Waals surface area contributed by atoms with Gasteiger partial charge in [-0.1, -0.05) is 0 Å². The molecular formula is C19H27ClN4O5. The van der Waals surface area contributed by atoms with Gasteiger partial charge in [0.1, 0.15) is 0 Å². The first kappa shape index (κ1) is 23.1. The standard InChI is InChI=1S/C19H26N4O5.ClH/c1-28-14-19(6-8-20-9-7-19)18(25)22-12-10-21(11-13-22)17(24)15-2-4-16(5-3-15)23(26)27;/h2-5,20H,6-14H2,1H3;1H. The van der Waals surface area contributed by atoms with Crippen LogP contribution in [0.2, 0.25) is 0 Å². The molecule has 0 radical (unpaired) electrons. The van der Waals surface area contributed by atoms with Crippen molar-refractivity contribution in [1.82, 2.24) is 15.1 Å². The molecule has 2 amide bonds. The largest absolute Gasteiger partial charge is 0.384 e. The number of nitrogens with zero attached hydrogens (tertiary/aromatic N) is 3. The Morgan fingerprint density at radius 2 is 1.66 bits per heavy atom. The highest BCUT2D eigenvalue weighted by Crippen LogP contribution is 2.32. The number of carbonyl (C=O) groups is 2.